The highest BCUT2D eigenvalue weighted by atomic mass is 35.5. The molecule has 9 nitrogen and oxygen atoms in total. The van der Waals surface area contributed by atoms with Crippen molar-refractivity contribution in [1.29, 1.82) is 0 Å². The zero-order valence-electron chi connectivity index (χ0n) is 16.7. The molecule has 31 heavy (non-hydrogen) atoms. The molecule has 2 heterocycles. The van der Waals surface area contributed by atoms with Crippen molar-refractivity contribution in [1.82, 2.24) is 19.8 Å². The van der Waals surface area contributed by atoms with Gasteiger partial charge in [-0.15, -0.1) is 10.2 Å². The minimum atomic E-state index is -3.23. The number of hydrogen-bond donors (Lipinski definition) is 2. The maximum Gasteiger partial charge on any atom is 0.230 e. The molecule has 0 aliphatic carbocycles. The van der Waals surface area contributed by atoms with E-state index in [2.05, 4.69) is 20.8 Å². The summed E-state index contributed by atoms with van der Waals surface area (Å²) in [5, 5.41) is 14.4. The summed E-state index contributed by atoms with van der Waals surface area (Å²) in [6.07, 6.45) is 2.10. The van der Waals surface area contributed by atoms with Crippen molar-refractivity contribution in [2.45, 2.75) is 23.7 Å². The van der Waals surface area contributed by atoms with Gasteiger partial charge in [0.05, 0.1) is 12.0 Å². The van der Waals surface area contributed by atoms with Crippen molar-refractivity contribution in [3.8, 4) is 0 Å². The number of rotatable bonds is 8. The van der Waals surface area contributed by atoms with Crippen molar-refractivity contribution in [3.05, 3.63) is 34.9 Å². The summed E-state index contributed by atoms with van der Waals surface area (Å²) in [6, 6.07) is 7.30. The Kier molecular flexibility index (Phi) is 8.28. The molecule has 0 radical (unpaired) electrons. The number of aromatic nitrogens is 2. The summed E-state index contributed by atoms with van der Waals surface area (Å²) in [6.45, 7) is 1.00. The van der Waals surface area contributed by atoms with Crippen LogP contribution in [0.3, 0.4) is 0 Å². The first-order valence-electron chi connectivity index (χ1n) is 9.45. The Morgan fingerprint density at radius 2 is 1.97 bits per heavy atom. The van der Waals surface area contributed by atoms with Crippen molar-refractivity contribution in [2.75, 3.05) is 30.4 Å². The fourth-order valence-electron chi connectivity index (χ4n) is 2.99. The van der Waals surface area contributed by atoms with Gasteiger partial charge in [-0.1, -0.05) is 52.9 Å². The maximum atomic E-state index is 12.4. The Bertz CT molecular complexity index is 1040. The minimum Gasteiger partial charge on any atom is -0.351 e. The number of anilines is 1. The molecule has 1 fully saturated rings. The molecular weight excluding hydrogens is 482 g/mol. The highest BCUT2D eigenvalue weighted by Crippen LogP contribution is 2.27. The number of sulfonamides is 1. The molecule has 0 bridgehead atoms. The number of amides is 2. The minimum absolute atomic E-state index is 0.164. The Hall–Kier alpha value is -1.73. The fraction of sp³-hybridized carbons (Fsp3) is 0.444. The van der Waals surface area contributed by atoms with Crippen LogP contribution < -0.4 is 10.6 Å². The molecule has 0 atom stereocenters. The van der Waals surface area contributed by atoms with Crippen LogP contribution in [0, 0.1) is 5.92 Å². The summed E-state index contributed by atoms with van der Waals surface area (Å²) in [4.78, 5) is 24.5. The smallest absolute Gasteiger partial charge is 0.230 e. The van der Waals surface area contributed by atoms with Crippen LogP contribution in [0.2, 0.25) is 5.02 Å². The van der Waals surface area contributed by atoms with Crippen LogP contribution in [0.25, 0.3) is 0 Å². The van der Waals surface area contributed by atoms with Crippen molar-refractivity contribution < 1.29 is 18.0 Å². The molecule has 1 aliphatic heterocycles. The van der Waals surface area contributed by atoms with Gasteiger partial charge >= 0.3 is 0 Å². The predicted octanol–water partition coefficient (Wildman–Crippen LogP) is 2.21. The zero-order valence-corrected chi connectivity index (χ0v) is 19.9. The fourth-order valence-corrected chi connectivity index (χ4v) is 5.65. The number of nitrogens with one attached hydrogen (secondary N) is 2. The van der Waals surface area contributed by atoms with Crippen LogP contribution in [-0.4, -0.2) is 59.8 Å². The van der Waals surface area contributed by atoms with Crippen molar-refractivity contribution in [3.63, 3.8) is 0 Å². The molecule has 3 rings (SSSR count). The third-order valence-electron chi connectivity index (χ3n) is 4.69. The van der Waals surface area contributed by atoms with Gasteiger partial charge in [-0.3, -0.25) is 9.59 Å². The van der Waals surface area contributed by atoms with E-state index in [0.29, 0.717) is 47.0 Å². The molecule has 2 N–H and O–H groups in total. The molecule has 13 heteroatoms. The van der Waals surface area contributed by atoms with Gasteiger partial charge in [0.25, 0.3) is 0 Å². The summed E-state index contributed by atoms with van der Waals surface area (Å²) in [5.41, 5.74) is 0.839. The monoisotopic (exact) mass is 503 g/mol. The molecular formula is C18H22ClN5O4S3. The van der Waals surface area contributed by atoms with E-state index in [0.717, 1.165) is 5.56 Å². The van der Waals surface area contributed by atoms with Gasteiger partial charge in [0.2, 0.25) is 27.0 Å². The average Bonchev–Trinajstić information content (AvgIpc) is 3.18. The standard InChI is InChI=1S/C18H22ClN5O4S3/c1-31(27,28)24-8-6-12(7-9-24)16(26)21-17-22-23-18(30-17)29-11-15(25)20-10-13-4-2-3-5-14(13)19/h2-5,12H,6-11H2,1H3,(H,20,25)(H,21,22,26). The molecule has 2 amide bonds. The van der Waals surface area contributed by atoms with E-state index in [1.807, 2.05) is 18.2 Å². The largest absolute Gasteiger partial charge is 0.351 e. The van der Waals surface area contributed by atoms with E-state index < -0.39 is 10.0 Å². The van der Waals surface area contributed by atoms with Crippen LogP contribution in [0.4, 0.5) is 5.13 Å². The zero-order chi connectivity index (χ0) is 22.4. The van der Waals surface area contributed by atoms with Crippen molar-refractivity contribution >= 4 is 61.7 Å². The Morgan fingerprint density at radius 3 is 2.65 bits per heavy atom. The lowest BCUT2D eigenvalue weighted by atomic mass is 9.97. The summed E-state index contributed by atoms with van der Waals surface area (Å²) < 4.78 is 25.1. The van der Waals surface area contributed by atoms with Gasteiger partial charge in [-0.2, -0.15) is 0 Å². The molecule has 1 aliphatic rings. The Morgan fingerprint density at radius 1 is 1.26 bits per heavy atom. The molecule has 0 unspecified atom stereocenters. The summed E-state index contributed by atoms with van der Waals surface area (Å²) in [5.74, 6) is -0.466. The van der Waals surface area contributed by atoms with Crippen molar-refractivity contribution in [2.24, 2.45) is 5.92 Å². The number of carbonyl (C=O) groups excluding carboxylic acids is 2. The van der Waals surface area contributed by atoms with E-state index in [1.54, 1.807) is 6.07 Å². The average molecular weight is 504 g/mol. The lowest BCUT2D eigenvalue weighted by molar-refractivity contribution is -0.121. The first-order chi connectivity index (χ1) is 14.7. The first kappa shape index (κ1) is 23.9. The highest BCUT2D eigenvalue weighted by molar-refractivity contribution is 8.01. The predicted molar refractivity (Wildman–Crippen MR) is 122 cm³/mol. The van der Waals surface area contributed by atoms with Crippen LogP contribution in [0.1, 0.15) is 18.4 Å². The van der Waals surface area contributed by atoms with Gasteiger partial charge in [0, 0.05) is 30.6 Å². The maximum absolute atomic E-state index is 12.4. The molecule has 0 saturated carbocycles. The van der Waals surface area contributed by atoms with Gasteiger partial charge < -0.3 is 10.6 Å². The number of piperidine rings is 1. The second-order valence-electron chi connectivity index (χ2n) is 6.96. The SMILES string of the molecule is CS(=O)(=O)N1CCC(C(=O)Nc2nnc(SCC(=O)NCc3ccccc3Cl)s2)CC1. The van der Waals surface area contributed by atoms with Crippen LogP contribution in [-0.2, 0) is 26.2 Å². The van der Waals surface area contributed by atoms with Crippen LogP contribution in [0.15, 0.2) is 28.6 Å². The Labute approximate surface area is 194 Å². The van der Waals surface area contributed by atoms with Gasteiger partial charge in [0.1, 0.15) is 0 Å². The number of nitrogens with zero attached hydrogens (tertiary/aromatic N) is 3. The van der Waals surface area contributed by atoms with Crippen LogP contribution in [0.5, 0.6) is 0 Å². The molecule has 1 aromatic carbocycles. The third kappa shape index (κ3) is 7.14. The van der Waals surface area contributed by atoms with Gasteiger partial charge in [-0.25, -0.2) is 12.7 Å². The topological polar surface area (TPSA) is 121 Å². The van der Waals surface area contributed by atoms with Crippen LogP contribution >= 0.6 is 34.7 Å². The number of halogens is 1. The number of hydrogen-bond acceptors (Lipinski definition) is 8. The summed E-state index contributed by atoms with van der Waals surface area (Å²) in [7, 11) is -3.23. The van der Waals surface area contributed by atoms with E-state index in [9.17, 15) is 18.0 Å². The third-order valence-corrected chi connectivity index (χ3v) is 8.33. The molecule has 1 aromatic heterocycles. The molecule has 168 valence electrons. The van der Waals surface area contributed by atoms with E-state index in [1.165, 1.54) is 33.7 Å². The second kappa shape index (κ2) is 10.7. The number of benzene rings is 1. The lowest BCUT2D eigenvalue weighted by Crippen LogP contribution is -2.40. The molecule has 2 aromatic rings. The molecule has 0 spiro atoms. The normalized spacial score (nSPS) is 15.5. The number of carbonyl (C=O) groups is 2. The van der Waals surface area contributed by atoms with Gasteiger partial charge in [-0.05, 0) is 24.5 Å². The van der Waals surface area contributed by atoms with E-state index in [-0.39, 0.29) is 23.5 Å². The van der Waals surface area contributed by atoms with E-state index >= 15 is 0 Å². The Balaban J connectivity index is 1.41. The lowest BCUT2D eigenvalue weighted by Gasteiger charge is -2.29. The quantitative estimate of drug-likeness (QED) is 0.418. The highest BCUT2D eigenvalue weighted by Gasteiger charge is 2.29. The second-order valence-corrected chi connectivity index (χ2v) is 11.5. The molecule has 1 saturated heterocycles. The van der Waals surface area contributed by atoms with Gasteiger partial charge in [0.15, 0.2) is 4.34 Å². The first-order valence-corrected chi connectivity index (χ1v) is 13.5. The van der Waals surface area contributed by atoms with E-state index in [4.69, 9.17) is 11.6 Å². The number of thioether (sulfide) groups is 1. The summed E-state index contributed by atoms with van der Waals surface area (Å²) >= 11 is 8.49.